The third kappa shape index (κ3) is 6.93. The van der Waals surface area contributed by atoms with Crippen molar-refractivity contribution in [2.45, 2.75) is 25.6 Å². The van der Waals surface area contributed by atoms with E-state index in [1.165, 1.54) is 0 Å². The summed E-state index contributed by atoms with van der Waals surface area (Å²) in [6.07, 6.45) is -1.59. The summed E-state index contributed by atoms with van der Waals surface area (Å²) in [4.78, 5) is 42.1. The van der Waals surface area contributed by atoms with Gasteiger partial charge in [0, 0.05) is 37.7 Å². The maximum Gasteiger partial charge on any atom is 0.490 e. The molecule has 1 spiro atoms. The molecular formula is C24H26F3N3O5. The third-order valence-corrected chi connectivity index (χ3v) is 6.08. The predicted octanol–water partition coefficient (Wildman–Crippen LogP) is 2.99. The van der Waals surface area contributed by atoms with E-state index in [-0.39, 0.29) is 29.8 Å². The number of aliphatic carboxylic acids is 1. The van der Waals surface area contributed by atoms with Crippen LogP contribution in [0.5, 0.6) is 5.75 Å². The van der Waals surface area contributed by atoms with Crippen LogP contribution < -0.4 is 4.74 Å². The summed E-state index contributed by atoms with van der Waals surface area (Å²) in [6.45, 7) is 1.90. The number of para-hydroxylation sites is 1. The Kier molecular flexibility index (Phi) is 7.98. The second-order valence-electron chi connectivity index (χ2n) is 8.60. The lowest BCUT2D eigenvalue weighted by Crippen LogP contribution is -2.34. The van der Waals surface area contributed by atoms with Crippen LogP contribution in [0, 0.1) is 11.3 Å². The number of hydrogen-bond acceptors (Lipinski definition) is 5. The van der Waals surface area contributed by atoms with Crippen LogP contribution >= 0.6 is 0 Å². The topological polar surface area (TPSA) is 100 Å². The number of amides is 2. The zero-order chi connectivity index (χ0) is 25.6. The molecule has 2 heterocycles. The SMILES string of the molecule is CN(Cc1ccccn1)C(=O)C1CC12CCN(C(=O)COc1ccccc1)C2.O=C(O)C(F)(F)F. The van der Waals surface area contributed by atoms with E-state index in [0.29, 0.717) is 25.4 Å². The molecule has 2 aromatic rings. The first-order chi connectivity index (χ1) is 16.5. The molecule has 188 valence electrons. The Morgan fingerprint density at radius 3 is 2.43 bits per heavy atom. The number of rotatable bonds is 6. The molecule has 2 unspecified atom stereocenters. The van der Waals surface area contributed by atoms with Crippen molar-refractivity contribution < 1.29 is 37.4 Å². The van der Waals surface area contributed by atoms with E-state index in [1.807, 2.05) is 60.5 Å². The van der Waals surface area contributed by atoms with Gasteiger partial charge in [-0.1, -0.05) is 24.3 Å². The van der Waals surface area contributed by atoms with Crippen molar-refractivity contribution in [2.24, 2.45) is 11.3 Å². The quantitative estimate of drug-likeness (QED) is 0.664. The summed E-state index contributed by atoms with van der Waals surface area (Å²) in [5, 5.41) is 7.12. The van der Waals surface area contributed by atoms with Crippen molar-refractivity contribution in [3.63, 3.8) is 0 Å². The van der Waals surface area contributed by atoms with E-state index in [2.05, 4.69) is 4.98 Å². The number of alkyl halides is 3. The van der Waals surface area contributed by atoms with Gasteiger partial charge in [-0.25, -0.2) is 4.79 Å². The van der Waals surface area contributed by atoms with Crippen molar-refractivity contribution in [1.29, 1.82) is 0 Å². The first-order valence-corrected chi connectivity index (χ1v) is 10.9. The molecule has 1 saturated carbocycles. The Hall–Kier alpha value is -3.63. The average Bonchev–Trinajstić information content (AvgIpc) is 3.36. The fraction of sp³-hybridized carbons (Fsp3) is 0.417. The lowest BCUT2D eigenvalue weighted by Gasteiger charge is -2.19. The summed E-state index contributed by atoms with van der Waals surface area (Å²) < 4.78 is 37.3. The van der Waals surface area contributed by atoms with Gasteiger partial charge >= 0.3 is 12.1 Å². The minimum Gasteiger partial charge on any atom is -0.484 e. The van der Waals surface area contributed by atoms with E-state index in [0.717, 1.165) is 18.5 Å². The minimum absolute atomic E-state index is 0.00838. The number of nitrogens with zero attached hydrogens (tertiary/aromatic N) is 3. The highest BCUT2D eigenvalue weighted by molar-refractivity contribution is 5.83. The minimum atomic E-state index is -5.08. The summed E-state index contributed by atoms with van der Waals surface area (Å²) in [7, 11) is 1.83. The molecule has 2 aliphatic rings. The average molecular weight is 493 g/mol. The molecule has 2 fully saturated rings. The normalized spacial score (nSPS) is 20.6. The number of likely N-dealkylation sites (tertiary alicyclic amines) is 1. The van der Waals surface area contributed by atoms with Crippen LogP contribution in [0.3, 0.4) is 0 Å². The zero-order valence-electron chi connectivity index (χ0n) is 19.1. The number of aromatic nitrogens is 1. The summed E-state index contributed by atoms with van der Waals surface area (Å²) >= 11 is 0. The highest BCUT2D eigenvalue weighted by Crippen LogP contribution is 2.59. The van der Waals surface area contributed by atoms with Gasteiger partial charge in [0.1, 0.15) is 5.75 Å². The van der Waals surface area contributed by atoms with Gasteiger partial charge in [-0.3, -0.25) is 14.6 Å². The molecule has 1 aromatic carbocycles. The number of benzene rings is 1. The Labute approximate surface area is 200 Å². The summed E-state index contributed by atoms with van der Waals surface area (Å²) in [6, 6.07) is 15.1. The van der Waals surface area contributed by atoms with E-state index >= 15 is 0 Å². The number of carboxylic acids is 1. The molecular weight excluding hydrogens is 467 g/mol. The number of hydrogen-bond donors (Lipinski definition) is 1. The molecule has 1 aliphatic carbocycles. The highest BCUT2D eigenvalue weighted by Gasteiger charge is 2.61. The molecule has 11 heteroatoms. The molecule has 2 amide bonds. The second kappa shape index (κ2) is 10.7. The van der Waals surface area contributed by atoms with E-state index in [4.69, 9.17) is 14.6 Å². The number of pyridine rings is 1. The Morgan fingerprint density at radius 1 is 1.17 bits per heavy atom. The number of carbonyl (C=O) groups is 3. The second-order valence-corrected chi connectivity index (χ2v) is 8.60. The van der Waals surface area contributed by atoms with Gasteiger partial charge in [0.25, 0.3) is 5.91 Å². The monoisotopic (exact) mass is 493 g/mol. The maximum absolute atomic E-state index is 12.8. The van der Waals surface area contributed by atoms with Gasteiger partial charge < -0.3 is 19.6 Å². The molecule has 1 N–H and O–H groups in total. The number of halogens is 3. The van der Waals surface area contributed by atoms with E-state index < -0.39 is 12.1 Å². The molecule has 0 bridgehead atoms. The van der Waals surface area contributed by atoms with Crippen LogP contribution in [0.4, 0.5) is 13.2 Å². The molecule has 1 saturated heterocycles. The third-order valence-electron chi connectivity index (χ3n) is 6.08. The molecule has 4 rings (SSSR count). The van der Waals surface area contributed by atoms with E-state index in [1.54, 1.807) is 11.1 Å². The van der Waals surface area contributed by atoms with Crippen LogP contribution in [0.1, 0.15) is 18.5 Å². The Balaban J connectivity index is 0.000000429. The van der Waals surface area contributed by atoms with Gasteiger partial charge in [-0.15, -0.1) is 0 Å². The van der Waals surface area contributed by atoms with Crippen molar-refractivity contribution >= 4 is 17.8 Å². The van der Waals surface area contributed by atoms with E-state index in [9.17, 15) is 22.8 Å². The summed E-state index contributed by atoms with van der Waals surface area (Å²) in [5.41, 5.74) is 0.840. The van der Waals surface area contributed by atoms with Crippen LogP contribution in [0.2, 0.25) is 0 Å². The lowest BCUT2D eigenvalue weighted by atomic mass is 10.0. The first-order valence-electron chi connectivity index (χ1n) is 10.9. The fourth-order valence-electron chi connectivity index (χ4n) is 4.09. The predicted molar refractivity (Wildman–Crippen MR) is 118 cm³/mol. The van der Waals surface area contributed by atoms with Gasteiger partial charge in [0.15, 0.2) is 6.61 Å². The largest absolute Gasteiger partial charge is 0.490 e. The highest BCUT2D eigenvalue weighted by atomic mass is 19.4. The van der Waals surface area contributed by atoms with Gasteiger partial charge in [-0.2, -0.15) is 13.2 Å². The number of carbonyl (C=O) groups excluding carboxylic acids is 2. The molecule has 35 heavy (non-hydrogen) atoms. The standard InChI is InChI=1S/C22H25N3O3.C2HF3O2/c1-24(14-17-7-5-6-11-23-17)21(27)19-13-22(19)10-12-25(16-22)20(26)15-28-18-8-3-2-4-9-18;3-2(4,5)1(6)7/h2-9,11,19H,10,12-16H2,1H3;(H,6,7). The molecule has 2 atom stereocenters. The van der Waals surface area contributed by atoms with Crippen LogP contribution in [-0.4, -0.2) is 70.6 Å². The van der Waals surface area contributed by atoms with Crippen molar-refractivity contribution in [2.75, 3.05) is 26.7 Å². The van der Waals surface area contributed by atoms with Crippen LogP contribution in [0.25, 0.3) is 0 Å². The number of ether oxygens (including phenoxy) is 1. The van der Waals surface area contributed by atoms with Gasteiger partial charge in [0.05, 0.1) is 12.2 Å². The molecule has 1 aromatic heterocycles. The van der Waals surface area contributed by atoms with Crippen LogP contribution in [0.15, 0.2) is 54.7 Å². The molecule has 1 aliphatic heterocycles. The molecule has 0 radical (unpaired) electrons. The Bertz CT molecular complexity index is 1040. The first kappa shape index (κ1) is 26.0. The Morgan fingerprint density at radius 2 is 1.83 bits per heavy atom. The zero-order valence-corrected chi connectivity index (χ0v) is 19.1. The maximum atomic E-state index is 12.8. The van der Waals surface area contributed by atoms with Crippen LogP contribution in [-0.2, 0) is 20.9 Å². The number of carboxylic acid groups (broad SMARTS) is 1. The molecule has 8 nitrogen and oxygen atoms in total. The fourth-order valence-corrected chi connectivity index (χ4v) is 4.09. The summed E-state index contributed by atoms with van der Waals surface area (Å²) in [5.74, 6) is -1.91. The lowest BCUT2D eigenvalue weighted by molar-refractivity contribution is -0.192. The van der Waals surface area contributed by atoms with Crippen molar-refractivity contribution in [1.82, 2.24) is 14.8 Å². The van der Waals surface area contributed by atoms with Gasteiger partial charge in [-0.05, 0) is 37.1 Å². The smallest absolute Gasteiger partial charge is 0.484 e. The van der Waals surface area contributed by atoms with Crippen molar-refractivity contribution in [3.8, 4) is 5.75 Å². The van der Waals surface area contributed by atoms with Gasteiger partial charge in [0.2, 0.25) is 5.91 Å². The van der Waals surface area contributed by atoms with Crippen molar-refractivity contribution in [3.05, 3.63) is 60.4 Å².